The van der Waals surface area contributed by atoms with E-state index >= 15 is 0 Å². The Hall–Kier alpha value is -3.38. The summed E-state index contributed by atoms with van der Waals surface area (Å²) < 4.78 is 5.88. The van der Waals surface area contributed by atoms with E-state index in [0.29, 0.717) is 18.8 Å². The number of pyridine rings is 1. The number of aryl methyl sites for hydroxylation is 2. The Morgan fingerprint density at radius 3 is 2.79 bits per heavy atom. The smallest absolute Gasteiger partial charge is 0.138 e. The van der Waals surface area contributed by atoms with E-state index in [-0.39, 0.29) is 11.8 Å². The van der Waals surface area contributed by atoms with E-state index in [1.165, 1.54) is 0 Å². The highest BCUT2D eigenvalue weighted by molar-refractivity contribution is 5.86. The summed E-state index contributed by atoms with van der Waals surface area (Å²) in [7, 11) is 0. The Morgan fingerprint density at radius 1 is 1.07 bits per heavy atom. The number of fused-ring (bicyclic) bond motifs is 1. The van der Waals surface area contributed by atoms with Crippen molar-refractivity contribution in [2.45, 2.75) is 26.3 Å². The zero-order valence-corrected chi connectivity index (χ0v) is 16.5. The number of nitrogens with two attached hydrogens (primary N) is 1. The van der Waals surface area contributed by atoms with Crippen molar-refractivity contribution in [1.29, 1.82) is 0 Å². The monoisotopic (exact) mass is 388 g/mol. The lowest BCUT2D eigenvalue weighted by atomic mass is 10.0. The first-order chi connectivity index (χ1) is 14.0. The molecule has 0 aliphatic heterocycles. The predicted molar refractivity (Wildman–Crippen MR) is 114 cm³/mol. The summed E-state index contributed by atoms with van der Waals surface area (Å²) in [5.41, 5.74) is 12.1. The van der Waals surface area contributed by atoms with Gasteiger partial charge in [-0.25, -0.2) is 0 Å². The SMILES string of the molecule is Cc1ccc(O)c(C[C@H](N)COc2cncc(-c3ccc4n[nH]c(C)c4c3)c2)c1. The van der Waals surface area contributed by atoms with Crippen LogP contribution in [-0.2, 0) is 6.42 Å². The molecule has 0 unspecified atom stereocenters. The number of ether oxygens (including phenoxy) is 1. The van der Waals surface area contributed by atoms with Crippen LogP contribution < -0.4 is 10.5 Å². The molecular formula is C23H24N4O2. The number of benzene rings is 2. The van der Waals surface area contributed by atoms with Crippen molar-refractivity contribution >= 4 is 10.9 Å². The number of aromatic amines is 1. The van der Waals surface area contributed by atoms with Gasteiger partial charge in [0.05, 0.1) is 11.7 Å². The molecule has 0 saturated carbocycles. The normalized spacial score (nSPS) is 12.2. The number of aromatic hydroxyl groups is 1. The number of phenols is 1. The van der Waals surface area contributed by atoms with Crippen molar-refractivity contribution in [1.82, 2.24) is 15.2 Å². The van der Waals surface area contributed by atoms with Crippen molar-refractivity contribution in [2.75, 3.05) is 6.61 Å². The van der Waals surface area contributed by atoms with Crippen molar-refractivity contribution in [3.8, 4) is 22.6 Å². The average molecular weight is 388 g/mol. The Bertz CT molecular complexity index is 1150. The van der Waals surface area contributed by atoms with Gasteiger partial charge in [0.1, 0.15) is 18.1 Å². The molecular weight excluding hydrogens is 364 g/mol. The van der Waals surface area contributed by atoms with Gasteiger partial charge in [-0.05, 0) is 55.7 Å². The molecule has 4 N–H and O–H groups in total. The lowest BCUT2D eigenvalue weighted by Crippen LogP contribution is -2.30. The minimum atomic E-state index is -0.240. The molecule has 0 spiro atoms. The molecule has 2 aromatic carbocycles. The fourth-order valence-electron chi connectivity index (χ4n) is 3.40. The Balaban J connectivity index is 1.45. The molecule has 4 aromatic rings. The first-order valence-corrected chi connectivity index (χ1v) is 9.56. The fourth-order valence-corrected chi connectivity index (χ4v) is 3.40. The molecule has 6 nitrogen and oxygen atoms in total. The maximum Gasteiger partial charge on any atom is 0.138 e. The molecule has 2 heterocycles. The van der Waals surface area contributed by atoms with Gasteiger partial charge in [0.2, 0.25) is 0 Å². The van der Waals surface area contributed by atoms with Crippen molar-refractivity contribution in [3.05, 3.63) is 71.7 Å². The number of hydrogen-bond donors (Lipinski definition) is 3. The first-order valence-electron chi connectivity index (χ1n) is 9.56. The van der Waals surface area contributed by atoms with Gasteiger partial charge < -0.3 is 15.6 Å². The molecule has 0 aliphatic carbocycles. The minimum absolute atomic E-state index is 0.240. The molecule has 0 fully saturated rings. The van der Waals surface area contributed by atoms with Gasteiger partial charge in [0.25, 0.3) is 0 Å². The van der Waals surface area contributed by atoms with Crippen LogP contribution in [0.4, 0.5) is 0 Å². The Labute approximate surface area is 169 Å². The van der Waals surface area contributed by atoms with E-state index in [1.807, 2.05) is 50.4 Å². The quantitative estimate of drug-likeness (QED) is 0.465. The largest absolute Gasteiger partial charge is 0.508 e. The van der Waals surface area contributed by atoms with Crippen LogP contribution in [0.1, 0.15) is 16.8 Å². The minimum Gasteiger partial charge on any atom is -0.508 e. The summed E-state index contributed by atoms with van der Waals surface area (Å²) in [6, 6.07) is 13.4. The predicted octanol–water partition coefficient (Wildman–Crippen LogP) is 3.90. The van der Waals surface area contributed by atoms with Crippen LogP contribution in [0.25, 0.3) is 22.0 Å². The highest BCUT2D eigenvalue weighted by Crippen LogP contribution is 2.27. The van der Waals surface area contributed by atoms with E-state index in [0.717, 1.165) is 38.9 Å². The highest BCUT2D eigenvalue weighted by atomic mass is 16.5. The van der Waals surface area contributed by atoms with E-state index in [9.17, 15) is 5.11 Å². The van der Waals surface area contributed by atoms with E-state index in [2.05, 4.69) is 21.2 Å². The van der Waals surface area contributed by atoms with Crippen LogP contribution in [0.15, 0.2) is 54.9 Å². The second-order valence-corrected chi connectivity index (χ2v) is 7.40. The first kappa shape index (κ1) is 19.0. The molecule has 148 valence electrons. The van der Waals surface area contributed by atoms with Crippen molar-refractivity contribution in [3.63, 3.8) is 0 Å². The third-order valence-electron chi connectivity index (χ3n) is 4.97. The number of phenolic OH excluding ortho intramolecular Hbond substituents is 1. The van der Waals surface area contributed by atoms with Crippen molar-refractivity contribution in [2.24, 2.45) is 5.73 Å². The third kappa shape index (κ3) is 4.22. The third-order valence-corrected chi connectivity index (χ3v) is 4.97. The molecule has 0 amide bonds. The summed E-state index contributed by atoms with van der Waals surface area (Å²) >= 11 is 0. The zero-order valence-electron chi connectivity index (χ0n) is 16.5. The van der Waals surface area contributed by atoms with Gasteiger partial charge in [-0.3, -0.25) is 10.1 Å². The maximum atomic E-state index is 10.00. The Kier molecular flexibility index (Phi) is 5.18. The molecule has 29 heavy (non-hydrogen) atoms. The summed E-state index contributed by atoms with van der Waals surface area (Å²) in [5, 5.41) is 18.4. The standard InChI is InChI=1S/C23H24N4O2/c1-14-3-6-23(28)17(7-14)8-19(24)13-29-20-9-18(11-25-12-20)16-4-5-22-21(10-16)15(2)26-27-22/h3-7,9-12,19,28H,8,13,24H2,1-2H3,(H,26,27)/t19-/m0/s1. The molecule has 1 atom stereocenters. The molecule has 0 saturated heterocycles. The van der Waals surface area contributed by atoms with Crippen LogP contribution in [0, 0.1) is 13.8 Å². The second kappa shape index (κ2) is 7.93. The van der Waals surface area contributed by atoms with Gasteiger partial charge in [0.15, 0.2) is 0 Å². The second-order valence-electron chi connectivity index (χ2n) is 7.40. The summed E-state index contributed by atoms with van der Waals surface area (Å²) in [6.45, 7) is 4.33. The lowest BCUT2D eigenvalue weighted by molar-refractivity contribution is 0.286. The molecule has 2 aromatic heterocycles. The summed E-state index contributed by atoms with van der Waals surface area (Å²) in [5.74, 6) is 0.926. The topological polar surface area (TPSA) is 97.1 Å². The molecule has 6 heteroatoms. The van der Waals surface area contributed by atoms with E-state index < -0.39 is 0 Å². The number of nitrogens with zero attached hydrogens (tertiary/aromatic N) is 2. The van der Waals surface area contributed by atoms with Gasteiger partial charge >= 0.3 is 0 Å². The van der Waals surface area contributed by atoms with Gasteiger partial charge in [0, 0.05) is 28.9 Å². The van der Waals surface area contributed by atoms with Crippen LogP contribution in [0.3, 0.4) is 0 Å². The van der Waals surface area contributed by atoms with Crippen LogP contribution in [-0.4, -0.2) is 32.9 Å². The molecule has 4 rings (SSSR count). The molecule has 0 radical (unpaired) electrons. The number of hydrogen-bond acceptors (Lipinski definition) is 5. The van der Waals surface area contributed by atoms with Crippen LogP contribution in [0.5, 0.6) is 11.5 Å². The summed E-state index contributed by atoms with van der Waals surface area (Å²) in [4.78, 5) is 4.31. The molecule has 0 bridgehead atoms. The number of rotatable bonds is 6. The highest BCUT2D eigenvalue weighted by Gasteiger charge is 2.11. The van der Waals surface area contributed by atoms with Crippen molar-refractivity contribution < 1.29 is 9.84 Å². The van der Waals surface area contributed by atoms with E-state index in [4.69, 9.17) is 10.5 Å². The van der Waals surface area contributed by atoms with Gasteiger partial charge in [-0.15, -0.1) is 0 Å². The fraction of sp³-hybridized carbons (Fsp3) is 0.217. The number of nitrogens with one attached hydrogen (secondary N) is 1. The Morgan fingerprint density at radius 2 is 1.93 bits per heavy atom. The number of aromatic nitrogens is 3. The lowest BCUT2D eigenvalue weighted by Gasteiger charge is -2.15. The van der Waals surface area contributed by atoms with E-state index in [1.54, 1.807) is 12.3 Å². The maximum absolute atomic E-state index is 10.00. The summed E-state index contributed by atoms with van der Waals surface area (Å²) in [6.07, 6.45) is 4.03. The average Bonchev–Trinajstić information content (AvgIpc) is 3.10. The van der Waals surface area contributed by atoms with Gasteiger partial charge in [-0.1, -0.05) is 23.8 Å². The van der Waals surface area contributed by atoms with Gasteiger partial charge in [-0.2, -0.15) is 5.10 Å². The van der Waals surface area contributed by atoms with Crippen LogP contribution in [0.2, 0.25) is 0 Å². The number of H-pyrrole nitrogens is 1. The van der Waals surface area contributed by atoms with Crippen LogP contribution >= 0.6 is 0 Å². The zero-order chi connectivity index (χ0) is 20.4. The molecule has 0 aliphatic rings.